The zero-order valence-electron chi connectivity index (χ0n) is 10.4. The number of primary amides is 1. The highest BCUT2D eigenvalue weighted by molar-refractivity contribution is 7.87. The summed E-state index contributed by atoms with van der Waals surface area (Å²) >= 11 is 0. The number of unbranched alkanes of at least 4 members (excludes halogenated alkanes) is 1. The minimum absolute atomic E-state index is 0.273. The third-order valence-corrected chi connectivity index (χ3v) is 3.82. The monoisotopic (exact) mass is 281 g/mol. The maximum Gasteiger partial charge on any atom is 0.322 e. The van der Waals surface area contributed by atoms with Crippen molar-refractivity contribution in [3.8, 4) is 0 Å². The fourth-order valence-electron chi connectivity index (χ4n) is 1.15. The summed E-state index contributed by atoms with van der Waals surface area (Å²) in [6.45, 7) is 2.18. The van der Waals surface area contributed by atoms with Crippen LogP contribution in [0.2, 0.25) is 0 Å². The van der Waals surface area contributed by atoms with Crippen molar-refractivity contribution in [2.24, 2.45) is 5.73 Å². The second-order valence-electron chi connectivity index (χ2n) is 3.86. The van der Waals surface area contributed by atoms with Gasteiger partial charge in [0, 0.05) is 13.6 Å². The molecular weight excluding hydrogens is 262 g/mol. The van der Waals surface area contributed by atoms with Gasteiger partial charge in [0.25, 0.3) is 10.2 Å². The van der Waals surface area contributed by atoms with Crippen molar-refractivity contribution in [1.82, 2.24) is 9.03 Å². The van der Waals surface area contributed by atoms with Crippen LogP contribution in [-0.4, -0.2) is 49.3 Å². The molecule has 0 bridgehead atoms. The van der Waals surface area contributed by atoms with Crippen LogP contribution in [0.25, 0.3) is 0 Å². The first-order valence-corrected chi connectivity index (χ1v) is 6.89. The van der Waals surface area contributed by atoms with E-state index in [4.69, 9.17) is 10.8 Å². The van der Waals surface area contributed by atoms with Crippen molar-refractivity contribution < 1.29 is 23.1 Å². The molecule has 1 amide bonds. The predicted octanol–water partition coefficient (Wildman–Crippen LogP) is -1.12. The Labute approximate surface area is 106 Å². The van der Waals surface area contributed by atoms with Gasteiger partial charge in [-0.2, -0.15) is 17.4 Å². The Hall–Kier alpha value is -1.19. The number of nitrogens with two attached hydrogens (primary N) is 1. The van der Waals surface area contributed by atoms with Gasteiger partial charge in [0.05, 0.1) is 6.42 Å². The van der Waals surface area contributed by atoms with Gasteiger partial charge in [-0.25, -0.2) is 0 Å². The summed E-state index contributed by atoms with van der Waals surface area (Å²) in [6, 6.07) is -1.54. The molecule has 0 saturated carbocycles. The first-order valence-electron chi connectivity index (χ1n) is 5.45. The quantitative estimate of drug-likeness (QED) is 0.493. The molecule has 0 aromatic rings. The lowest BCUT2D eigenvalue weighted by Crippen LogP contribution is -2.48. The van der Waals surface area contributed by atoms with Crippen LogP contribution in [0, 0.1) is 0 Å². The van der Waals surface area contributed by atoms with E-state index in [0.717, 1.165) is 10.7 Å². The molecule has 106 valence electrons. The van der Waals surface area contributed by atoms with E-state index in [-0.39, 0.29) is 6.54 Å². The lowest BCUT2D eigenvalue weighted by atomic mass is 10.2. The largest absolute Gasteiger partial charge is 0.480 e. The van der Waals surface area contributed by atoms with Crippen LogP contribution < -0.4 is 10.5 Å². The number of nitrogens with one attached hydrogen (secondary N) is 1. The van der Waals surface area contributed by atoms with Gasteiger partial charge in [-0.3, -0.25) is 9.59 Å². The highest BCUT2D eigenvalue weighted by atomic mass is 32.2. The number of rotatable bonds is 9. The molecule has 0 fully saturated rings. The average molecular weight is 281 g/mol. The molecule has 9 heteroatoms. The van der Waals surface area contributed by atoms with Crippen LogP contribution in [0.4, 0.5) is 0 Å². The normalized spacial score (nSPS) is 13.5. The first-order chi connectivity index (χ1) is 8.20. The summed E-state index contributed by atoms with van der Waals surface area (Å²) in [5.41, 5.74) is 4.86. The molecular formula is C9H19N3O5S. The van der Waals surface area contributed by atoms with Crippen molar-refractivity contribution in [3.63, 3.8) is 0 Å². The van der Waals surface area contributed by atoms with Gasteiger partial charge in [-0.05, 0) is 6.42 Å². The fourth-order valence-corrected chi connectivity index (χ4v) is 2.24. The molecule has 0 unspecified atom stereocenters. The van der Waals surface area contributed by atoms with Crippen molar-refractivity contribution in [1.29, 1.82) is 0 Å². The van der Waals surface area contributed by atoms with Gasteiger partial charge in [-0.15, -0.1) is 0 Å². The van der Waals surface area contributed by atoms with Crippen LogP contribution in [0.5, 0.6) is 0 Å². The van der Waals surface area contributed by atoms with Gasteiger partial charge >= 0.3 is 5.97 Å². The van der Waals surface area contributed by atoms with E-state index in [9.17, 15) is 18.0 Å². The third kappa shape index (κ3) is 5.94. The molecule has 18 heavy (non-hydrogen) atoms. The van der Waals surface area contributed by atoms with Crippen molar-refractivity contribution >= 4 is 22.1 Å². The van der Waals surface area contributed by atoms with E-state index in [1.165, 1.54) is 7.05 Å². The number of carbonyl (C=O) groups excluding carboxylic acids is 1. The van der Waals surface area contributed by atoms with Gasteiger partial charge in [0.2, 0.25) is 5.91 Å². The summed E-state index contributed by atoms with van der Waals surface area (Å²) in [5.74, 6) is -2.33. The Bertz CT molecular complexity index is 395. The molecule has 0 aliphatic rings. The standard InChI is InChI=1S/C9H19N3O5S/c1-3-4-5-12(2)18(16,17)11-7(9(14)15)6-8(10)13/h7,11H,3-6H2,1-2H3,(H2,10,13)(H,14,15)/t7-/m1/s1. The molecule has 4 N–H and O–H groups in total. The number of carbonyl (C=O) groups is 2. The molecule has 0 heterocycles. The molecule has 0 aliphatic carbocycles. The summed E-state index contributed by atoms with van der Waals surface area (Å²) in [7, 11) is -2.59. The molecule has 1 atom stereocenters. The number of aliphatic carboxylic acids is 1. The number of hydrogen-bond donors (Lipinski definition) is 3. The lowest BCUT2D eigenvalue weighted by molar-refractivity contribution is -0.140. The predicted molar refractivity (Wildman–Crippen MR) is 64.8 cm³/mol. The Morgan fingerprint density at radius 3 is 2.39 bits per heavy atom. The smallest absolute Gasteiger partial charge is 0.322 e. The second kappa shape index (κ2) is 7.29. The average Bonchev–Trinajstić information content (AvgIpc) is 2.23. The Morgan fingerprint density at radius 2 is 2.00 bits per heavy atom. The number of amides is 1. The SMILES string of the molecule is CCCCN(C)S(=O)(=O)N[C@H](CC(N)=O)C(=O)O. The molecule has 0 saturated heterocycles. The molecule has 0 radical (unpaired) electrons. The minimum Gasteiger partial charge on any atom is -0.480 e. The zero-order valence-corrected chi connectivity index (χ0v) is 11.2. The Morgan fingerprint density at radius 1 is 1.44 bits per heavy atom. The highest BCUT2D eigenvalue weighted by Crippen LogP contribution is 2.02. The second-order valence-corrected chi connectivity index (χ2v) is 5.67. The van der Waals surface area contributed by atoms with E-state index in [1.54, 1.807) is 0 Å². The number of carboxylic acids is 1. The van der Waals surface area contributed by atoms with Crippen LogP contribution >= 0.6 is 0 Å². The van der Waals surface area contributed by atoms with Crippen LogP contribution in [0.1, 0.15) is 26.2 Å². The lowest BCUT2D eigenvalue weighted by Gasteiger charge is -2.20. The molecule has 0 aliphatic heterocycles. The molecule has 0 aromatic carbocycles. The fraction of sp³-hybridized carbons (Fsp3) is 0.778. The first kappa shape index (κ1) is 16.8. The summed E-state index contributed by atoms with van der Waals surface area (Å²) < 4.78 is 26.4. The van der Waals surface area contributed by atoms with Crippen molar-refractivity contribution in [2.45, 2.75) is 32.2 Å². The van der Waals surface area contributed by atoms with E-state index in [1.807, 2.05) is 11.6 Å². The number of hydrogen-bond acceptors (Lipinski definition) is 4. The van der Waals surface area contributed by atoms with E-state index in [2.05, 4.69) is 0 Å². The van der Waals surface area contributed by atoms with E-state index in [0.29, 0.717) is 6.42 Å². The molecule has 0 aromatic heterocycles. The zero-order chi connectivity index (χ0) is 14.3. The third-order valence-electron chi connectivity index (χ3n) is 2.23. The van der Waals surface area contributed by atoms with Gasteiger partial charge in [0.1, 0.15) is 6.04 Å². The van der Waals surface area contributed by atoms with Crippen molar-refractivity contribution in [2.75, 3.05) is 13.6 Å². The molecule has 0 rings (SSSR count). The van der Waals surface area contributed by atoms with Crippen LogP contribution in [0.3, 0.4) is 0 Å². The van der Waals surface area contributed by atoms with E-state index >= 15 is 0 Å². The van der Waals surface area contributed by atoms with Gasteiger partial charge < -0.3 is 10.8 Å². The summed E-state index contributed by atoms with van der Waals surface area (Å²) in [6.07, 6.45) is 0.880. The van der Waals surface area contributed by atoms with Gasteiger partial charge in [0.15, 0.2) is 0 Å². The maximum atomic E-state index is 11.7. The van der Waals surface area contributed by atoms with Crippen molar-refractivity contribution in [3.05, 3.63) is 0 Å². The topological polar surface area (TPSA) is 130 Å². The summed E-state index contributed by atoms with van der Waals surface area (Å²) in [5, 5.41) is 8.79. The van der Waals surface area contributed by atoms with Gasteiger partial charge in [-0.1, -0.05) is 13.3 Å². The van der Waals surface area contributed by atoms with E-state index < -0.39 is 34.5 Å². The molecule has 8 nitrogen and oxygen atoms in total. The van der Waals surface area contributed by atoms with Crippen LogP contribution in [-0.2, 0) is 19.8 Å². The number of nitrogens with zero attached hydrogens (tertiary/aromatic N) is 1. The Kier molecular flexibility index (Phi) is 6.81. The minimum atomic E-state index is -3.93. The maximum absolute atomic E-state index is 11.7. The molecule has 0 spiro atoms. The highest BCUT2D eigenvalue weighted by Gasteiger charge is 2.28. The summed E-state index contributed by atoms with van der Waals surface area (Å²) in [4.78, 5) is 21.4. The van der Waals surface area contributed by atoms with Crippen LogP contribution in [0.15, 0.2) is 0 Å². The Balaban J connectivity index is 4.69. The number of carboxylic acid groups (broad SMARTS) is 1.